The zero-order valence-corrected chi connectivity index (χ0v) is 8.16. The predicted molar refractivity (Wildman–Crippen MR) is 52.8 cm³/mol. The van der Waals surface area contributed by atoms with Crippen LogP contribution in [-0.2, 0) is 6.42 Å². The Morgan fingerprint density at radius 2 is 2.31 bits per heavy atom. The third-order valence-corrected chi connectivity index (χ3v) is 1.59. The fraction of sp³-hybridized carbons (Fsp3) is 0.500. The molecule has 0 aliphatic rings. The van der Waals surface area contributed by atoms with Crippen molar-refractivity contribution in [3.05, 3.63) is 24.0 Å². The molecule has 0 atom stereocenters. The number of nitrogens with zero attached hydrogens (tertiary/aromatic N) is 1. The zero-order valence-electron chi connectivity index (χ0n) is 8.16. The highest BCUT2D eigenvalue weighted by atomic mass is 16.5. The van der Waals surface area contributed by atoms with Gasteiger partial charge in [0.15, 0.2) is 0 Å². The summed E-state index contributed by atoms with van der Waals surface area (Å²) < 4.78 is 5.58. The Hall–Kier alpha value is -1.09. The van der Waals surface area contributed by atoms with Gasteiger partial charge in [-0.1, -0.05) is 0 Å². The van der Waals surface area contributed by atoms with E-state index in [1.807, 2.05) is 26.0 Å². The van der Waals surface area contributed by atoms with Crippen LogP contribution in [-0.4, -0.2) is 17.6 Å². The van der Waals surface area contributed by atoms with Crippen LogP contribution in [0.1, 0.15) is 19.5 Å². The quantitative estimate of drug-likeness (QED) is 0.761. The molecular weight excluding hydrogens is 164 g/mol. The predicted octanol–water partition coefficient (Wildman–Crippen LogP) is 1.37. The molecule has 1 aromatic rings. The van der Waals surface area contributed by atoms with Gasteiger partial charge in [-0.05, 0) is 32.5 Å². The van der Waals surface area contributed by atoms with Crippen molar-refractivity contribution in [1.82, 2.24) is 4.98 Å². The molecule has 0 fully saturated rings. The minimum atomic E-state index is 0.181. The fourth-order valence-electron chi connectivity index (χ4n) is 1.11. The van der Waals surface area contributed by atoms with Gasteiger partial charge in [-0.2, -0.15) is 0 Å². The molecule has 13 heavy (non-hydrogen) atoms. The summed E-state index contributed by atoms with van der Waals surface area (Å²) in [4.78, 5) is 4.22. The summed E-state index contributed by atoms with van der Waals surface area (Å²) in [5.41, 5.74) is 6.41. The average Bonchev–Trinajstić information content (AvgIpc) is 2.08. The van der Waals surface area contributed by atoms with E-state index in [2.05, 4.69) is 4.98 Å². The first-order chi connectivity index (χ1) is 6.24. The minimum Gasteiger partial charge on any atom is -0.489 e. The first kappa shape index (κ1) is 9.99. The number of nitrogens with two attached hydrogens (primary N) is 1. The molecule has 72 valence electrons. The van der Waals surface area contributed by atoms with Gasteiger partial charge in [-0.15, -0.1) is 0 Å². The van der Waals surface area contributed by atoms with Crippen LogP contribution in [0.4, 0.5) is 0 Å². The first-order valence-electron chi connectivity index (χ1n) is 4.54. The van der Waals surface area contributed by atoms with Gasteiger partial charge in [0, 0.05) is 12.6 Å². The molecule has 0 amide bonds. The van der Waals surface area contributed by atoms with E-state index in [4.69, 9.17) is 10.5 Å². The van der Waals surface area contributed by atoms with Crippen molar-refractivity contribution in [3.8, 4) is 5.75 Å². The van der Waals surface area contributed by atoms with Gasteiger partial charge < -0.3 is 10.5 Å². The molecule has 0 aromatic carbocycles. The Morgan fingerprint density at radius 3 is 2.92 bits per heavy atom. The van der Waals surface area contributed by atoms with Gasteiger partial charge >= 0.3 is 0 Å². The highest BCUT2D eigenvalue weighted by Crippen LogP contribution is 2.16. The fourth-order valence-corrected chi connectivity index (χ4v) is 1.11. The third-order valence-electron chi connectivity index (χ3n) is 1.59. The van der Waals surface area contributed by atoms with Crippen molar-refractivity contribution in [1.29, 1.82) is 0 Å². The topological polar surface area (TPSA) is 48.1 Å². The standard InChI is InChI=1S/C10H16N2O/c1-8(2)13-10-4-3-7-12-9(10)5-6-11/h3-4,7-8H,5-6,11H2,1-2H3. The molecule has 3 heteroatoms. The van der Waals surface area contributed by atoms with E-state index in [9.17, 15) is 0 Å². The maximum atomic E-state index is 5.58. The van der Waals surface area contributed by atoms with Crippen LogP contribution in [0.2, 0.25) is 0 Å². The van der Waals surface area contributed by atoms with Gasteiger partial charge in [0.2, 0.25) is 0 Å². The summed E-state index contributed by atoms with van der Waals surface area (Å²) in [6.07, 6.45) is 2.71. The molecule has 1 aromatic heterocycles. The molecule has 3 nitrogen and oxygen atoms in total. The third kappa shape index (κ3) is 3.03. The smallest absolute Gasteiger partial charge is 0.141 e. The van der Waals surface area contributed by atoms with Gasteiger partial charge in [0.05, 0.1) is 11.8 Å². The van der Waals surface area contributed by atoms with Crippen LogP contribution >= 0.6 is 0 Å². The van der Waals surface area contributed by atoms with E-state index in [0.717, 1.165) is 17.9 Å². The van der Waals surface area contributed by atoms with E-state index in [-0.39, 0.29) is 6.10 Å². The first-order valence-corrected chi connectivity index (χ1v) is 4.54. The summed E-state index contributed by atoms with van der Waals surface area (Å²) in [5, 5.41) is 0. The lowest BCUT2D eigenvalue weighted by Gasteiger charge is -2.12. The molecule has 0 radical (unpaired) electrons. The Morgan fingerprint density at radius 1 is 1.54 bits per heavy atom. The van der Waals surface area contributed by atoms with Crippen molar-refractivity contribution in [3.63, 3.8) is 0 Å². The number of ether oxygens (including phenoxy) is 1. The van der Waals surface area contributed by atoms with Gasteiger partial charge in [-0.3, -0.25) is 4.98 Å². The van der Waals surface area contributed by atoms with Crippen LogP contribution in [0, 0.1) is 0 Å². The SMILES string of the molecule is CC(C)Oc1cccnc1CCN. The molecule has 0 aliphatic heterocycles. The van der Waals surface area contributed by atoms with E-state index >= 15 is 0 Å². The molecule has 1 heterocycles. The molecular formula is C10H16N2O. The van der Waals surface area contributed by atoms with Crippen LogP contribution in [0.5, 0.6) is 5.75 Å². The van der Waals surface area contributed by atoms with E-state index < -0.39 is 0 Å². The van der Waals surface area contributed by atoms with Crippen LogP contribution in [0.3, 0.4) is 0 Å². The molecule has 0 aliphatic carbocycles. The van der Waals surface area contributed by atoms with Gasteiger partial charge in [0.1, 0.15) is 5.75 Å². The van der Waals surface area contributed by atoms with Gasteiger partial charge in [0.25, 0.3) is 0 Å². The second-order valence-electron chi connectivity index (χ2n) is 3.15. The maximum absolute atomic E-state index is 5.58. The lowest BCUT2D eigenvalue weighted by Crippen LogP contribution is -2.11. The van der Waals surface area contributed by atoms with Crippen LogP contribution in [0.25, 0.3) is 0 Å². The number of rotatable bonds is 4. The van der Waals surface area contributed by atoms with Crippen molar-refractivity contribution in [2.75, 3.05) is 6.54 Å². The highest BCUT2D eigenvalue weighted by molar-refractivity contribution is 5.27. The molecule has 2 N–H and O–H groups in total. The number of hydrogen-bond acceptors (Lipinski definition) is 3. The van der Waals surface area contributed by atoms with E-state index in [1.165, 1.54) is 0 Å². The second kappa shape index (κ2) is 4.82. The average molecular weight is 180 g/mol. The molecule has 1 rings (SSSR count). The summed E-state index contributed by atoms with van der Waals surface area (Å²) in [7, 11) is 0. The zero-order chi connectivity index (χ0) is 9.68. The van der Waals surface area contributed by atoms with E-state index in [1.54, 1.807) is 6.20 Å². The van der Waals surface area contributed by atoms with Crippen molar-refractivity contribution in [2.45, 2.75) is 26.4 Å². The Balaban J connectivity index is 2.78. The van der Waals surface area contributed by atoms with Gasteiger partial charge in [-0.25, -0.2) is 0 Å². The lowest BCUT2D eigenvalue weighted by atomic mass is 10.2. The molecule has 0 bridgehead atoms. The molecule has 0 unspecified atom stereocenters. The highest BCUT2D eigenvalue weighted by Gasteiger charge is 2.04. The summed E-state index contributed by atoms with van der Waals surface area (Å²) in [6.45, 7) is 4.60. The summed E-state index contributed by atoms with van der Waals surface area (Å²) in [5.74, 6) is 0.850. The summed E-state index contributed by atoms with van der Waals surface area (Å²) >= 11 is 0. The maximum Gasteiger partial charge on any atom is 0.141 e. The second-order valence-corrected chi connectivity index (χ2v) is 3.15. The molecule has 0 spiro atoms. The largest absolute Gasteiger partial charge is 0.489 e. The van der Waals surface area contributed by atoms with E-state index in [0.29, 0.717) is 6.54 Å². The van der Waals surface area contributed by atoms with Crippen LogP contribution in [0.15, 0.2) is 18.3 Å². The van der Waals surface area contributed by atoms with Crippen molar-refractivity contribution < 1.29 is 4.74 Å². The Kier molecular flexibility index (Phi) is 3.71. The normalized spacial score (nSPS) is 10.5. The minimum absolute atomic E-state index is 0.181. The lowest BCUT2D eigenvalue weighted by molar-refractivity contribution is 0.238. The molecule has 0 saturated heterocycles. The monoisotopic (exact) mass is 180 g/mol. The van der Waals surface area contributed by atoms with Crippen molar-refractivity contribution >= 4 is 0 Å². The summed E-state index contributed by atoms with van der Waals surface area (Å²) in [6, 6.07) is 3.80. The Bertz CT molecular complexity index is 261. The number of pyridine rings is 1. The van der Waals surface area contributed by atoms with Crippen LogP contribution < -0.4 is 10.5 Å². The van der Waals surface area contributed by atoms with Crippen molar-refractivity contribution in [2.24, 2.45) is 5.73 Å². The number of hydrogen-bond donors (Lipinski definition) is 1. The molecule has 0 saturated carbocycles. The number of aromatic nitrogens is 1. The Labute approximate surface area is 78.9 Å².